The zero-order valence-corrected chi connectivity index (χ0v) is 15.6. The molecule has 1 aliphatic carbocycles. The number of ether oxygens (including phenoxy) is 1. The van der Waals surface area contributed by atoms with E-state index in [4.69, 9.17) is 9.26 Å². The standard InChI is InChI=1S/C21H20N4O4/c26-19(22-15-5-2-1-3-6-15)12-18-24-20(29-25-18)13-28-17-8-4-7-16(11-17)23-21(27)14-9-10-14/h1-8,11,14H,9-10,12-13H2,(H,22,26)(H,23,27). The van der Waals surface area contributed by atoms with Gasteiger partial charge in [-0.1, -0.05) is 29.4 Å². The number of anilines is 2. The minimum absolute atomic E-state index is 0.00107. The Morgan fingerprint density at radius 3 is 2.62 bits per heavy atom. The van der Waals surface area contributed by atoms with Crippen LogP contribution < -0.4 is 15.4 Å². The van der Waals surface area contributed by atoms with Crippen molar-refractivity contribution in [2.24, 2.45) is 5.92 Å². The lowest BCUT2D eigenvalue weighted by molar-refractivity contribution is -0.117. The van der Waals surface area contributed by atoms with Crippen LogP contribution >= 0.6 is 0 Å². The number of rotatable bonds is 8. The van der Waals surface area contributed by atoms with Crippen LogP contribution in [0, 0.1) is 5.92 Å². The molecule has 1 saturated carbocycles. The second-order valence-electron chi connectivity index (χ2n) is 6.78. The van der Waals surface area contributed by atoms with Gasteiger partial charge in [-0.25, -0.2) is 0 Å². The summed E-state index contributed by atoms with van der Waals surface area (Å²) >= 11 is 0. The Morgan fingerprint density at radius 1 is 1.03 bits per heavy atom. The average Bonchev–Trinajstić information content (AvgIpc) is 3.48. The molecule has 1 aliphatic rings. The number of aromatic nitrogens is 2. The minimum atomic E-state index is -0.233. The lowest BCUT2D eigenvalue weighted by atomic mass is 10.3. The Bertz CT molecular complexity index is 999. The van der Waals surface area contributed by atoms with E-state index in [1.165, 1.54) is 0 Å². The van der Waals surface area contributed by atoms with E-state index in [9.17, 15) is 9.59 Å². The summed E-state index contributed by atoms with van der Waals surface area (Å²) in [5.41, 5.74) is 1.39. The van der Waals surface area contributed by atoms with Gasteiger partial charge in [0.15, 0.2) is 12.4 Å². The summed E-state index contributed by atoms with van der Waals surface area (Å²) in [5.74, 6) is 1.05. The highest BCUT2D eigenvalue weighted by atomic mass is 16.5. The van der Waals surface area contributed by atoms with Crippen molar-refractivity contribution in [2.45, 2.75) is 25.9 Å². The molecule has 8 heteroatoms. The highest BCUT2D eigenvalue weighted by Gasteiger charge is 2.29. The Balaban J connectivity index is 1.28. The van der Waals surface area contributed by atoms with Gasteiger partial charge < -0.3 is 19.9 Å². The third kappa shape index (κ3) is 5.41. The van der Waals surface area contributed by atoms with Gasteiger partial charge in [-0.05, 0) is 37.1 Å². The third-order valence-corrected chi connectivity index (χ3v) is 4.30. The van der Waals surface area contributed by atoms with Gasteiger partial charge in [0, 0.05) is 23.4 Å². The predicted octanol–water partition coefficient (Wildman–Crippen LogP) is 3.18. The van der Waals surface area contributed by atoms with Crippen LogP contribution in [0.1, 0.15) is 24.6 Å². The van der Waals surface area contributed by atoms with E-state index >= 15 is 0 Å². The first-order valence-electron chi connectivity index (χ1n) is 9.36. The summed E-state index contributed by atoms with van der Waals surface area (Å²) in [6.07, 6.45) is 1.90. The van der Waals surface area contributed by atoms with Crippen LogP contribution in [0.5, 0.6) is 5.75 Å². The Kier molecular flexibility index (Phi) is 5.51. The number of nitrogens with zero attached hydrogens (tertiary/aromatic N) is 2. The van der Waals surface area contributed by atoms with Crippen LogP contribution in [-0.4, -0.2) is 22.0 Å². The topological polar surface area (TPSA) is 106 Å². The Hall–Kier alpha value is -3.68. The van der Waals surface area contributed by atoms with Crippen molar-refractivity contribution in [1.29, 1.82) is 0 Å². The first-order chi connectivity index (χ1) is 14.2. The number of nitrogens with one attached hydrogen (secondary N) is 2. The highest BCUT2D eigenvalue weighted by molar-refractivity contribution is 5.94. The summed E-state index contributed by atoms with van der Waals surface area (Å²) in [5, 5.41) is 9.45. The van der Waals surface area contributed by atoms with Gasteiger partial charge in [-0.15, -0.1) is 0 Å². The molecular formula is C21H20N4O4. The summed E-state index contributed by atoms with van der Waals surface area (Å²) in [6.45, 7) is 0.0628. The zero-order chi connectivity index (χ0) is 20.1. The molecule has 0 aliphatic heterocycles. The molecule has 0 atom stereocenters. The number of hydrogen-bond donors (Lipinski definition) is 2. The van der Waals surface area contributed by atoms with Crippen molar-refractivity contribution in [3.05, 3.63) is 66.3 Å². The van der Waals surface area contributed by atoms with Crippen LogP contribution in [0.15, 0.2) is 59.1 Å². The van der Waals surface area contributed by atoms with Crippen LogP contribution in [0.4, 0.5) is 11.4 Å². The monoisotopic (exact) mass is 392 g/mol. The molecule has 148 valence electrons. The first-order valence-corrected chi connectivity index (χ1v) is 9.36. The maximum atomic E-state index is 12.0. The smallest absolute Gasteiger partial charge is 0.264 e. The van der Waals surface area contributed by atoms with Gasteiger partial charge >= 0.3 is 0 Å². The molecule has 29 heavy (non-hydrogen) atoms. The second-order valence-corrected chi connectivity index (χ2v) is 6.78. The van der Waals surface area contributed by atoms with Crippen molar-refractivity contribution in [3.8, 4) is 5.75 Å². The second kappa shape index (κ2) is 8.55. The van der Waals surface area contributed by atoms with Crippen molar-refractivity contribution in [2.75, 3.05) is 10.6 Å². The Morgan fingerprint density at radius 2 is 1.83 bits per heavy atom. The molecule has 1 fully saturated rings. The van der Waals surface area contributed by atoms with Gasteiger partial charge in [0.05, 0.1) is 6.42 Å². The van der Waals surface area contributed by atoms with E-state index in [0.717, 1.165) is 12.8 Å². The molecule has 0 unspecified atom stereocenters. The van der Waals surface area contributed by atoms with Crippen molar-refractivity contribution < 1.29 is 18.8 Å². The molecule has 2 amide bonds. The normalized spacial score (nSPS) is 13.0. The molecule has 3 aromatic rings. The lowest BCUT2D eigenvalue weighted by Gasteiger charge is -2.07. The van der Waals surface area contributed by atoms with Gasteiger partial charge in [0.1, 0.15) is 5.75 Å². The molecule has 0 saturated heterocycles. The van der Waals surface area contributed by atoms with E-state index in [-0.39, 0.29) is 42.5 Å². The number of para-hydroxylation sites is 1. The van der Waals surface area contributed by atoms with Crippen LogP contribution in [0.2, 0.25) is 0 Å². The predicted molar refractivity (Wildman–Crippen MR) is 105 cm³/mol. The molecule has 0 radical (unpaired) electrons. The molecule has 2 aromatic carbocycles. The fraction of sp³-hybridized carbons (Fsp3) is 0.238. The molecule has 1 aromatic heterocycles. The summed E-state index contributed by atoms with van der Waals surface area (Å²) in [6, 6.07) is 16.3. The van der Waals surface area contributed by atoms with Gasteiger partial charge in [0.2, 0.25) is 11.8 Å². The zero-order valence-electron chi connectivity index (χ0n) is 15.6. The molecule has 1 heterocycles. The van der Waals surface area contributed by atoms with Crippen LogP contribution in [-0.2, 0) is 22.6 Å². The fourth-order valence-corrected chi connectivity index (χ4v) is 2.69. The lowest BCUT2D eigenvalue weighted by Crippen LogP contribution is -2.15. The number of amides is 2. The van der Waals surface area contributed by atoms with Crippen molar-refractivity contribution >= 4 is 23.2 Å². The third-order valence-electron chi connectivity index (χ3n) is 4.30. The maximum absolute atomic E-state index is 12.0. The Labute approximate surface area is 167 Å². The van der Waals surface area contributed by atoms with Crippen molar-refractivity contribution in [3.63, 3.8) is 0 Å². The maximum Gasteiger partial charge on any atom is 0.264 e. The fourth-order valence-electron chi connectivity index (χ4n) is 2.69. The van der Waals surface area contributed by atoms with Gasteiger partial charge in [-0.2, -0.15) is 4.98 Å². The van der Waals surface area contributed by atoms with E-state index < -0.39 is 0 Å². The van der Waals surface area contributed by atoms with Crippen LogP contribution in [0.25, 0.3) is 0 Å². The molecule has 4 rings (SSSR count). The van der Waals surface area contributed by atoms with Crippen molar-refractivity contribution in [1.82, 2.24) is 10.1 Å². The van der Waals surface area contributed by atoms with Crippen LogP contribution in [0.3, 0.4) is 0 Å². The SMILES string of the molecule is O=C(Cc1noc(COc2cccc(NC(=O)C3CC3)c2)n1)Nc1ccccc1. The molecule has 8 nitrogen and oxygen atoms in total. The average molecular weight is 392 g/mol. The summed E-state index contributed by atoms with van der Waals surface area (Å²) in [4.78, 5) is 28.1. The first kappa shape index (κ1) is 18.7. The van der Waals surface area contributed by atoms with E-state index in [0.29, 0.717) is 17.1 Å². The largest absolute Gasteiger partial charge is 0.484 e. The van der Waals surface area contributed by atoms with E-state index in [1.807, 2.05) is 24.3 Å². The quantitative estimate of drug-likeness (QED) is 0.610. The van der Waals surface area contributed by atoms with E-state index in [1.54, 1.807) is 30.3 Å². The molecule has 2 N–H and O–H groups in total. The summed E-state index contributed by atoms with van der Waals surface area (Å²) < 4.78 is 10.8. The number of carbonyl (C=O) groups is 2. The highest BCUT2D eigenvalue weighted by Crippen LogP contribution is 2.30. The van der Waals surface area contributed by atoms with Gasteiger partial charge in [0.25, 0.3) is 5.89 Å². The molecule has 0 bridgehead atoms. The minimum Gasteiger partial charge on any atom is -0.484 e. The number of carbonyl (C=O) groups excluding carboxylic acids is 2. The number of benzene rings is 2. The van der Waals surface area contributed by atoms with Gasteiger partial charge in [-0.3, -0.25) is 9.59 Å². The summed E-state index contributed by atoms with van der Waals surface area (Å²) in [7, 11) is 0. The molecule has 0 spiro atoms. The molecular weight excluding hydrogens is 372 g/mol. The van der Waals surface area contributed by atoms with E-state index in [2.05, 4.69) is 20.8 Å². The number of hydrogen-bond acceptors (Lipinski definition) is 6.